The van der Waals surface area contributed by atoms with Crippen molar-refractivity contribution in [2.45, 2.75) is 13.0 Å². The van der Waals surface area contributed by atoms with Crippen molar-refractivity contribution in [1.82, 2.24) is 5.32 Å². The largest absolute Gasteiger partial charge is 0.312 e. The Kier molecular flexibility index (Phi) is 4.84. The Morgan fingerprint density at radius 1 is 1.36 bits per heavy atom. The smallest absolute Gasteiger partial charge is 0.0434 e. The zero-order valence-electron chi connectivity index (χ0n) is 8.69. The fraction of sp³-hybridized carbons (Fsp3) is 0.455. The molecule has 78 valence electrons. The summed E-state index contributed by atoms with van der Waals surface area (Å²) in [5.41, 5.74) is 1.21. The van der Waals surface area contributed by atoms with Gasteiger partial charge in [-0.15, -0.1) is 0 Å². The van der Waals surface area contributed by atoms with Crippen LogP contribution in [0.4, 0.5) is 0 Å². The van der Waals surface area contributed by atoms with E-state index >= 15 is 0 Å². The van der Waals surface area contributed by atoms with Crippen LogP contribution in [0.5, 0.6) is 0 Å². The van der Waals surface area contributed by atoms with Gasteiger partial charge >= 0.3 is 0 Å². The average Bonchev–Trinajstić information content (AvgIpc) is 2.26. The number of hydrogen-bond acceptors (Lipinski definition) is 2. The molecular weight excluding hydrogens is 194 g/mol. The number of hydrogen-bond donors (Lipinski definition) is 1. The Morgan fingerprint density at radius 2 is 2.00 bits per heavy atom. The average molecular weight is 211 g/mol. The molecule has 0 fully saturated rings. The quantitative estimate of drug-likeness (QED) is 0.803. The van der Waals surface area contributed by atoms with Crippen molar-refractivity contribution >= 4 is 10.8 Å². The first-order valence-electron chi connectivity index (χ1n) is 4.85. The number of rotatable bonds is 5. The third-order valence-electron chi connectivity index (χ3n) is 2.22. The molecule has 0 saturated carbocycles. The molecule has 0 aromatic heterocycles. The van der Waals surface area contributed by atoms with Crippen LogP contribution in [0.3, 0.4) is 0 Å². The van der Waals surface area contributed by atoms with Crippen LogP contribution in [-0.2, 0) is 10.8 Å². The summed E-state index contributed by atoms with van der Waals surface area (Å²) >= 11 is 0. The molecule has 2 atom stereocenters. The highest BCUT2D eigenvalue weighted by Gasteiger charge is 2.10. The highest BCUT2D eigenvalue weighted by atomic mass is 32.2. The van der Waals surface area contributed by atoms with E-state index in [1.165, 1.54) is 5.56 Å². The zero-order valence-corrected chi connectivity index (χ0v) is 9.51. The third-order valence-corrected chi connectivity index (χ3v) is 3.57. The van der Waals surface area contributed by atoms with E-state index in [0.717, 1.165) is 5.75 Å². The molecule has 0 amide bonds. The second-order valence-electron chi connectivity index (χ2n) is 3.15. The summed E-state index contributed by atoms with van der Waals surface area (Å²) in [7, 11) is 1.19. The molecule has 14 heavy (non-hydrogen) atoms. The summed E-state index contributed by atoms with van der Waals surface area (Å²) in [6.07, 6.45) is 0. The topological polar surface area (TPSA) is 29.1 Å². The predicted molar refractivity (Wildman–Crippen MR) is 61.8 cm³/mol. The molecule has 0 aliphatic heterocycles. The summed E-state index contributed by atoms with van der Waals surface area (Å²) < 4.78 is 11.4. The summed E-state index contributed by atoms with van der Waals surface area (Å²) in [6, 6.07) is 10.3. The van der Waals surface area contributed by atoms with Crippen LogP contribution in [-0.4, -0.2) is 22.8 Å². The van der Waals surface area contributed by atoms with Gasteiger partial charge in [0.1, 0.15) is 0 Å². The molecular formula is C11H17NOS. The van der Waals surface area contributed by atoms with Gasteiger partial charge in [0.15, 0.2) is 0 Å². The van der Waals surface area contributed by atoms with Crippen LogP contribution >= 0.6 is 0 Å². The lowest BCUT2D eigenvalue weighted by Crippen LogP contribution is -2.23. The number of benzene rings is 1. The number of nitrogens with one attached hydrogen (secondary N) is 1. The molecule has 0 heterocycles. The van der Waals surface area contributed by atoms with Gasteiger partial charge in [-0.1, -0.05) is 37.3 Å². The minimum Gasteiger partial charge on any atom is -0.312 e. The van der Waals surface area contributed by atoms with Crippen molar-refractivity contribution in [1.29, 1.82) is 0 Å². The molecule has 0 aliphatic carbocycles. The molecule has 2 nitrogen and oxygen atoms in total. The van der Waals surface area contributed by atoms with E-state index in [0.29, 0.717) is 5.75 Å². The van der Waals surface area contributed by atoms with Gasteiger partial charge in [-0.05, 0) is 12.6 Å². The van der Waals surface area contributed by atoms with E-state index < -0.39 is 10.8 Å². The fourth-order valence-electron chi connectivity index (χ4n) is 1.34. The molecule has 0 radical (unpaired) electrons. The van der Waals surface area contributed by atoms with Crippen molar-refractivity contribution in [2.75, 3.05) is 18.6 Å². The normalized spacial score (nSPS) is 15.0. The Morgan fingerprint density at radius 3 is 2.50 bits per heavy atom. The Balaban J connectivity index is 2.68. The highest BCUT2D eigenvalue weighted by Crippen LogP contribution is 2.12. The molecule has 1 aromatic rings. The zero-order chi connectivity index (χ0) is 10.4. The van der Waals surface area contributed by atoms with Gasteiger partial charge in [-0.3, -0.25) is 4.21 Å². The van der Waals surface area contributed by atoms with Crippen molar-refractivity contribution < 1.29 is 4.21 Å². The van der Waals surface area contributed by atoms with Crippen molar-refractivity contribution in [3.05, 3.63) is 35.9 Å². The van der Waals surface area contributed by atoms with Gasteiger partial charge in [0.05, 0.1) is 0 Å². The summed E-state index contributed by atoms with van der Waals surface area (Å²) in [5, 5.41) is 3.19. The summed E-state index contributed by atoms with van der Waals surface area (Å²) in [6.45, 7) is 1.95. The molecule has 2 unspecified atom stereocenters. The maximum Gasteiger partial charge on any atom is 0.0434 e. The first-order valence-corrected chi connectivity index (χ1v) is 6.34. The predicted octanol–water partition coefficient (Wildman–Crippen LogP) is 1.72. The van der Waals surface area contributed by atoms with Crippen LogP contribution in [0.25, 0.3) is 0 Å². The fourth-order valence-corrected chi connectivity index (χ4v) is 2.30. The summed E-state index contributed by atoms with van der Waals surface area (Å²) in [4.78, 5) is 0. The molecule has 0 spiro atoms. The molecule has 1 aromatic carbocycles. The van der Waals surface area contributed by atoms with Crippen molar-refractivity contribution in [3.8, 4) is 0 Å². The van der Waals surface area contributed by atoms with Gasteiger partial charge in [0, 0.05) is 28.3 Å². The third kappa shape index (κ3) is 3.24. The molecule has 1 rings (SSSR count). The molecule has 0 bridgehead atoms. The van der Waals surface area contributed by atoms with Crippen LogP contribution in [0, 0.1) is 0 Å². The first kappa shape index (κ1) is 11.4. The minimum absolute atomic E-state index is 0.206. The Bertz CT molecular complexity index is 287. The molecule has 0 saturated heterocycles. The van der Waals surface area contributed by atoms with E-state index in [1.54, 1.807) is 0 Å². The maximum atomic E-state index is 11.4. The van der Waals surface area contributed by atoms with Gasteiger partial charge in [-0.25, -0.2) is 0 Å². The Labute approximate surface area is 88.2 Å². The molecule has 1 N–H and O–H groups in total. The van der Waals surface area contributed by atoms with E-state index in [9.17, 15) is 4.21 Å². The van der Waals surface area contributed by atoms with Crippen LogP contribution < -0.4 is 5.32 Å². The van der Waals surface area contributed by atoms with Crippen molar-refractivity contribution in [3.63, 3.8) is 0 Å². The van der Waals surface area contributed by atoms with E-state index in [2.05, 4.69) is 17.4 Å². The lowest BCUT2D eigenvalue weighted by molar-refractivity contribution is 0.636. The van der Waals surface area contributed by atoms with Gasteiger partial charge in [0.25, 0.3) is 0 Å². The lowest BCUT2D eigenvalue weighted by atomic mass is 10.1. The SMILES string of the molecule is CCS(=O)CC(NC)c1ccccc1. The van der Waals surface area contributed by atoms with Crippen LogP contribution in [0.2, 0.25) is 0 Å². The highest BCUT2D eigenvalue weighted by molar-refractivity contribution is 7.84. The minimum atomic E-state index is -0.720. The monoisotopic (exact) mass is 211 g/mol. The summed E-state index contributed by atoms with van der Waals surface area (Å²) in [5.74, 6) is 1.42. The maximum absolute atomic E-state index is 11.4. The van der Waals surface area contributed by atoms with E-state index in [-0.39, 0.29) is 6.04 Å². The molecule has 3 heteroatoms. The van der Waals surface area contributed by atoms with Gasteiger partial charge in [0.2, 0.25) is 0 Å². The van der Waals surface area contributed by atoms with Crippen molar-refractivity contribution in [2.24, 2.45) is 0 Å². The lowest BCUT2D eigenvalue weighted by Gasteiger charge is -2.15. The van der Waals surface area contributed by atoms with E-state index in [4.69, 9.17) is 0 Å². The van der Waals surface area contributed by atoms with E-state index in [1.807, 2.05) is 32.2 Å². The van der Waals surface area contributed by atoms with Crippen LogP contribution in [0.15, 0.2) is 30.3 Å². The first-order chi connectivity index (χ1) is 6.77. The van der Waals surface area contributed by atoms with Gasteiger partial charge < -0.3 is 5.32 Å². The standard InChI is InChI=1S/C11H17NOS/c1-3-14(13)9-11(12-2)10-7-5-4-6-8-10/h4-8,11-12H,3,9H2,1-2H3. The molecule has 0 aliphatic rings. The second kappa shape index (κ2) is 5.94. The van der Waals surface area contributed by atoms with Gasteiger partial charge in [-0.2, -0.15) is 0 Å². The second-order valence-corrected chi connectivity index (χ2v) is 4.94. The Hall–Kier alpha value is -0.670. The van der Waals surface area contributed by atoms with Crippen LogP contribution in [0.1, 0.15) is 18.5 Å².